The molecule has 0 aliphatic rings. The second-order valence-corrected chi connectivity index (χ2v) is 5.93. The fourth-order valence-electron chi connectivity index (χ4n) is 1.73. The number of hydrogen-bond donors (Lipinski definition) is 2. The summed E-state index contributed by atoms with van der Waals surface area (Å²) in [4.78, 5) is 2.14. The van der Waals surface area contributed by atoms with E-state index >= 15 is 0 Å². The molecule has 3 N–H and O–H groups in total. The molecule has 18 heavy (non-hydrogen) atoms. The second-order valence-electron chi connectivity index (χ2n) is 5.12. The van der Waals surface area contributed by atoms with Crippen LogP contribution in [0.25, 0.3) is 0 Å². The van der Waals surface area contributed by atoms with Gasteiger partial charge in [-0.25, -0.2) is 0 Å². The SMILES string of the molecule is CC(C)C(CN(C)C)Nc1c(Cl)cc(N)cc1Cl. The van der Waals surface area contributed by atoms with Crippen LogP contribution in [0.2, 0.25) is 10.0 Å². The summed E-state index contributed by atoms with van der Waals surface area (Å²) in [6.07, 6.45) is 0. The maximum atomic E-state index is 6.18. The summed E-state index contributed by atoms with van der Waals surface area (Å²) in [5.41, 5.74) is 7.03. The maximum Gasteiger partial charge on any atom is 0.0723 e. The lowest BCUT2D eigenvalue weighted by Crippen LogP contribution is -2.36. The zero-order valence-electron chi connectivity index (χ0n) is 11.3. The summed E-state index contributed by atoms with van der Waals surface area (Å²) in [6, 6.07) is 3.70. The third kappa shape index (κ3) is 4.23. The van der Waals surface area contributed by atoms with Gasteiger partial charge in [0.15, 0.2) is 0 Å². The highest BCUT2D eigenvalue weighted by Crippen LogP contribution is 2.33. The zero-order chi connectivity index (χ0) is 13.9. The molecule has 0 spiro atoms. The van der Waals surface area contributed by atoms with Crippen LogP contribution in [-0.4, -0.2) is 31.6 Å². The molecule has 0 heterocycles. The Kier molecular flexibility index (Phi) is 5.57. The Morgan fingerprint density at radius 1 is 1.22 bits per heavy atom. The molecule has 0 radical (unpaired) electrons. The van der Waals surface area contributed by atoms with Crippen molar-refractivity contribution in [1.82, 2.24) is 4.90 Å². The van der Waals surface area contributed by atoms with Gasteiger partial charge in [-0.1, -0.05) is 37.0 Å². The number of nitrogens with one attached hydrogen (secondary N) is 1. The molecule has 0 saturated heterocycles. The Balaban J connectivity index is 2.93. The van der Waals surface area contributed by atoms with Crippen LogP contribution in [0.15, 0.2) is 12.1 Å². The third-order valence-electron chi connectivity index (χ3n) is 2.76. The van der Waals surface area contributed by atoms with Gasteiger partial charge in [-0.05, 0) is 32.1 Å². The number of benzene rings is 1. The number of halogens is 2. The minimum absolute atomic E-state index is 0.277. The minimum Gasteiger partial charge on any atom is -0.399 e. The lowest BCUT2D eigenvalue weighted by molar-refractivity contribution is 0.344. The van der Waals surface area contributed by atoms with Gasteiger partial charge in [-0.15, -0.1) is 0 Å². The number of hydrogen-bond acceptors (Lipinski definition) is 3. The minimum atomic E-state index is 0.277. The highest BCUT2D eigenvalue weighted by atomic mass is 35.5. The van der Waals surface area contributed by atoms with Gasteiger partial charge in [-0.3, -0.25) is 0 Å². The van der Waals surface area contributed by atoms with Crippen LogP contribution in [0, 0.1) is 5.92 Å². The molecule has 0 aromatic heterocycles. The van der Waals surface area contributed by atoms with Gasteiger partial charge in [0, 0.05) is 18.3 Å². The second kappa shape index (κ2) is 6.50. The monoisotopic (exact) mass is 289 g/mol. The van der Waals surface area contributed by atoms with Crippen molar-refractivity contribution in [2.24, 2.45) is 5.92 Å². The summed E-state index contributed by atoms with van der Waals surface area (Å²) >= 11 is 12.4. The molecule has 0 bridgehead atoms. The lowest BCUT2D eigenvalue weighted by atomic mass is 10.0. The molecule has 1 atom stereocenters. The van der Waals surface area contributed by atoms with Crippen LogP contribution >= 0.6 is 23.2 Å². The van der Waals surface area contributed by atoms with Gasteiger partial charge < -0.3 is 16.0 Å². The molecule has 0 amide bonds. The first-order chi connectivity index (χ1) is 8.31. The number of nitrogens with zero attached hydrogens (tertiary/aromatic N) is 1. The Labute approximate surface area is 119 Å². The molecule has 0 aliphatic carbocycles. The molecule has 3 nitrogen and oxygen atoms in total. The van der Waals surface area contributed by atoms with Crippen molar-refractivity contribution in [3.05, 3.63) is 22.2 Å². The predicted molar refractivity (Wildman–Crippen MR) is 81.7 cm³/mol. The van der Waals surface area contributed by atoms with E-state index in [1.807, 2.05) is 14.1 Å². The Hall–Kier alpha value is -0.640. The quantitative estimate of drug-likeness (QED) is 0.814. The molecule has 5 heteroatoms. The van der Waals surface area contributed by atoms with E-state index < -0.39 is 0 Å². The fourth-order valence-corrected chi connectivity index (χ4v) is 2.35. The third-order valence-corrected chi connectivity index (χ3v) is 3.36. The van der Waals surface area contributed by atoms with Crippen molar-refractivity contribution in [3.63, 3.8) is 0 Å². The van der Waals surface area contributed by atoms with Crippen molar-refractivity contribution < 1.29 is 0 Å². The van der Waals surface area contributed by atoms with Crippen molar-refractivity contribution in [3.8, 4) is 0 Å². The zero-order valence-corrected chi connectivity index (χ0v) is 12.8. The van der Waals surface area contributed by atoms with E-state index in [4.69, 9.17) is 28.9 Å². The van der Waals surface area contributed by atoms with E-state index in [1.165, 1.54) is 0 Å². The smallest absolute Gasteiger partial charge is 0.0723 e. The molecule has 1 rings (SSSR count). The first-order valence-corrected chi connectivity index (χ1v) is 6.72. The lowest BCUT2D eigenvalue weighted by Gasteiger charge is -2.27. The van der Waals surface area contributed by atoms with Gasteiger partial charge in [0.1, 0.15) is 0 Å². The van der Waals surface area contributed by atoms with Crippen LogP contribution in [0.5, 0.6) is 0 Å². The highest BCUT2D eigenvalue weighted by Gasteiger charge is 2.17. The number of nitrogens with two attached hydrogens (primary N) is 1. The number of anilines is 2. The number of rotatable bonds is 5. The van der Waals surface area contributed by atoms with E-state index in [0.29, 0.717) is 21.7 Å². The van der Waals surface area contributed by atoms with E-state index in [0.717, 1.165) is 12.2 Å². The Morgan fingerprint density at radius 3 is 2.11 bits per heavy atom. The average Bonchev–Trinajstić information content (AvgIpc) is 2.20. The standard InChI is InChI=1S/C13H21Cl2N3/c1-8(2)12(7-18(3)4)17-13-10(14)5-9(16)6-11(13)15/h5-6,8,12,17H,7,16H2,1-4H3. The van der Waals surface area contributed by atoms with E-state index in [2.05, 4.69) is 24.1 Å². The molecule has 1 unspecified atom stereocenters. The summed E-state index contributed by atoms with van der Waals surface area (Å²) in [5.74, 6) is 0.470. The van der Waals surface area contributed by atoms with Crippen molar-refractivity contribution >= 4 is 34.6 Å². The van der Waals surface area contributed by atoms with Crippen LogP contribution in [0.1, 0.15) is 13.8 Å². The molecule has 102 valence electrons. The molecular formula is C13H21Cl2N3. The molecular weight excluding hydrogens is 269 g/mol. The van der Waals surface area contributed by atoms with Gasteiger partial charge in [0.2, 0.25) is 0 Å². The van der Waals surface area contributed by atoms with Gasteiger partial charge in [-0.2, -0.15) is 0 Å². The average molecular weight is 290 g/mol. The molecule has 0 saturated carbocycles. The fraction of sp³-hybridized carbons (Fsp3) is 0.538. The van der Waals surface area contributed by atoms with Crippen LogP contribution in [0.3, 0.4) is 0 Å². The predicted octanol–water partition coefficient (Wildman–Crippen LogP) is 3.57. The number of likely N-dealkylation sites (N-methyl/N-ethyl adjacent to an activating group) is 1. The van der Waals surface area contributed by atoms with Gasteiger partial charge in [0.25, 0.3) is 0 Å². The van der Waals surface area contributed by atoms with Crippen molar-refractivity contribution in [2.75, 3.05) is 31.7 Å². The highest BCUT2D eigenvalue weighted by molar-refractivity contribution is 6.39. The summed E-state index contributed by atoms with van der Waals surface area (Å²) in [6.45, 7) is 5.25. The van der Waals surface area contributed by atoms with Gasteiger partial charge in [0.05, 0.1) is 15.7 Å². The van der Waals surface area contributed by atoms with Crippen LogP contribution in [0.4, 0.5) is 11.4 Å². The summed E-state index contributed by atoms with van der Waals surface area (Å²) in [5, 5.41) is 4.53. The normalized spacial score (nSPS) is 13.1. The first-order valence-electron chi connectivity index (χ1n) is 5.97. The Morgan fingerprint density at radius 2 is 1.72 bits per heavy atom. The molecule has 1 aromatic carbocycles. The Bertz CT molecular complexity index is 382. The van der Waals surface area contributed by atoms with Crippen LogP contribution in [-0.2, 0) is 0 Å². The topological polar surface area (TPSA) is 41.3 Å². The van der Waals surface area contributed by atoms with Crippen LogP contribution < -0.4 is 11.1 Å². The van der Waals surface area contributed by atoms with E-state index in [9.17, 15) is 0 Å². The maximum absolute atomic E-state index is 6.18. The van der Waals surface area contributed by atoms with Crippen molar-refractivity contribution in [2.45, 2.75) is 19.9 Å². The van der Waals surface area contributed by atoms with E-state index in [1.54, 1.807) is 12.1 Å². The van der Waals surface area contributed by atoms with Gasteiger partial charge >= 0.3 is 0 Å². The molecule has 1 aromatic rings. The first kappa shape index (κ1) is 15.4. The summed E-state index contributed by atoms with van der Waals surface area (Å²) < 4.78 is 0. The largest absolute Gasteiger partial charge is 0.399 e. The van der Waals surface area contributed by atoms with E-state index in [-0.39, 0.29) is 6.04 Å². The summed E-state index contributed by atoms with van der Waals surface area (Å²) in [7, 11) is 4.09. The van der Waals surface area contributed by atoms with Crippen molar-refractivity contribution in [1.29, 1.82) is 0 Å². The number of nitrogen functional groups attached to an aromatic ring is 1. The molecule has 0 aliphatic heterocycles. The molecule has 0 fully saturated rings.